The fraction of sp³-hybridized carbons (Fsp3) is 0.433. The largest absolute Gasteiger partial charge is 0.435 e. The van der Waals surface area contributed by atoms with E-state index in [1.165, 1.54) is 6.07 Å². The van der Waals surface area contributed by atoms with Crippen LogP contribution < -0.4 is 15.0 Å². The van der Waals surface area contributed by atoms with Crippen LogP contribution >= 0.6 is 0 Å². The maximum Gasteiger partial charge on any atom is 0.387 e. The third-order valence-electron chi connectivity index (χ3n) is 7.48. The van der Waals surface area contributed by atoms with Crippen molar-refractivity contribution in [2.45, 2.75) is 65.3 Å². The molecular formula is C30H36F3N5O2. The molecule has 0 aliphatic carbocycles. The Kier molecular flexibility index (Phi) is 9.98. The van der Waals surface area contributed by atoms with E-state index in [-0.39, 0.29) is 17.7 Å². The van der Waals surface area contributed by atoms with E-state index in [2.05, 4.69) is 36.7 Å². The number of rotatable bonds is 11. The Morgan fingerprint density at radius 3 is 2.52 bits per heavy atom. The molecule has 0 radical (unpaired) electrons. The molecule has 1 N–H and O–H groups in total. The van der Waals surface area contributed by atoms with Crippen LogP contribution in [0.4, 0.5) is 18.9 Å². The van der Waals surface area contributed by atoms with Crippen molar-refractivity contribution in [2.75, 3.05) is 24.5 Å². The minimum Gasteiger partial charge on any atom is -0.435 e. The number of likely N-dealkylation sites (tertiary alicyclic amines) is 1. The predicted octanol–water partition coefficient (Wildman–Crippen LogP) is 5.51. The molecule has 3 aromatic rings. The van der Waals surface area contributed by atoms with Crippen molar-refractivity contribution in [1.29, 1.82) is 0 Å². The van der Waals surface area contributed by atoms with Gasteiger partial charge < -0.3 is 19.9 Å². The number of carbonyl (C=O) groups is 1. The van der Waals surface area contributed by atoms with E-state index >= 15 is 0 Å². The Balaban J connectivity index is 1.31. The van der Waals surface area contributed by atoms with Gasteiger partial charge in [0.25, 0.3) is 5.91 Å². The Hall–Kier alpha value is -3.66. The first-order valence-corrected chi connectivity index (χ1v) is 13.6. The molecule has 7 nitrogen and oxygen atoms in total. The molecule has 214 valence electrons. The third-order valence-corrected chi connectivity index (χ3v) is 7.48. The number of halogens is 3. The van der Waals surface area contributed by atoms with E-state index in [4.69, 9.17) is 0 Å². The normalized spacial score (nSPS) is 15.2. The molecule has 0 bridgehead atoms. The van der Waals surface area contributed by atoms with E-state index in [1.807, 2.05) is 30.5 Å². The Morgan fingerprint density at radius 1 is 1.18 bits per heavy atom. The van der Waals surface area contributed by atoms with E-state index in [0.29, 0.717) is 36.0 Å². The zero-order valence-corrected chi connectivity index (χ0v) is 23.1. The first-order valence-electron chi connectivity index (χ1n) is 13.6. The number of benzene rings is 1. The average molecular weight is 556 g/mol. The second-order valence-electron chi connectivity index (χ2n) is 10.2. The van der Waals surface area contributed by atoms with Crippen molar-refractivity contribution in [3.63, 3.8) is 0 Å². The maximum atomic E-state index is 13.5. The Labute approximate surface area is 233 Å². The van der Waals surface area contributed by atoms with Gasteiger partial charge in [-0.1, -0.05) is 12.1 Å². The van der Waals surface area contributed by atoms with Crippen molar-refractivity contribution >= 4 is 11.6 Å². The second kappa shape index (κ2) is 13.6. The summed E-state index contributed by atoms with van der Waals surface area (Å²) in [5.41, 5.74) is 3.42. The number of anilines is 1. The van der Waals surface area contributed by atoms with Crippen LogP contribution in [0.3, 0.4) is 0 Å². The Morgan fingerprint density at radius 2 is 1.90 bits per heavy atom. The lowest BCUT2D eigenvalue weighted by molar-refractivity contribution is -0.0498. The van der Waals surface area contributed by atoms with Gasteiger partial charge in [0.05, 0.1) is 23.1 Å². The van der Waals surface area contributed by atoms with Crippen LogP contribution in [0.25, 0.3) is 0 Å². The summed E-state index contributed by atoms with van der Waals surface area (Å²) in [6, 6.07) is 12.6. The van der Waals surface area contributed by atoms with E-state index in [1.54, 1.807) is 32.2 Å². The molecule has 2 aromatic heterocycles. The molecule has 1 aliphatic heterocycles. The van der Waals surface area contributed by atoms with Crippen LogP contribution in [-0.4, -0.2) is 59.1 Å². The van der Waals surface area contributed by atoms with Crippen LogP contribution in [0.2, 0.25) is 0 Å². The lowest BCUT2D eigenvalue weighted by Gasteiger charge is -2.41. The van der Waals surface area contributed by atoms with Gasteiger partial charge in [-0.25, -0.2) is 4.98 Å². The quantitative estimate of drug-likeness (QED) is 0.315. The number of aryl methyl sites for hydroxylation is 2. The van der Waals surface area contributed by atoms with E-state index in [9.17, 15) is 18.0 Å². The summed E-state index contributed by atoms with van der Waals surface area (Å²) in [7, 11) is 0. The number of nitrogens with one attached hydrogen (secondary N) is 1. The molecule has 0 unspecified atom stereocenters. The molecule has 1 atom stereocenters. The fourth-order valence-corrected chi connectivity index (χ4v) is 5.36. The van der Waals surface area contributed by atoms with Crippen LogP contribution in [0.15, 0.2) is 54.9 Å². The molecule has 0 spiro atoms. The minimum absolute atomic E-state index is 0.143. The van der Waals surface area contributed by atoms with E-state index < -0.39 is 12.6 Å². The van der Waals surface area contributed by atoms with E-state index in [0.717, 1.165) is 43.6 Å². The number of ether oxygens (including phenoxy) is 1. The number of pyridine rings is 2. The number of alkyl halides is 2. The summed E-state index contributed by atoms with van der Waals surface area (Å²) < 4.78 is 43.0. The highest BCUT2D eigenvalue weighted by atomic mass is 19.3. The van der Waals surface area contributed by atoms with Gasteiger partial charge in [-0.3, -0.25) is 9.78 Å². The molecule has 40 heavy (non-hydrogen) atoms. The van der Waals surface area contributed by atoms with Crippen molar-refractivity contribution in [3.05, 3.63) is 83.2 Å². The summed E-state index contributed by atoms with van der Waals surface area (Å²) in [6.45, 7) is 5.66. The monoisotopic (exact) mass is 555 g/mol. The van der Waals surface area contributed by atoms with Crippen LogP contribution in [-0.2, 0) is 6.54 Å². The summed E-state index contributed by atoms with van der Waals surface area (Å²) >= 11 is 0. The standard InChI is InChI=1S/C30H36F3N5O2/c1-20-17-27(31)36-22(3)28(20)29(39)35-14-10-21(2)37-15-11-24(12-16-37)38(25-5-4-13-34-18-25)19-23-6-8-26(9-7-23)40-30(32)33/h4-9,13,17-18,21,24,30H,10-12,14-16,19H2,1-3H3,(H,35,39)/t21-/m1/s1. The first-order chi connectivity index (χ1) is 19.2. The lowest BCUT2D eigenvalue weighted by Crippen LogP contribution is -2.48. The molecule has 1 aromatic carbocycles. The zero-order chi connectivity index (χ0) is 28.6. The van der Waals surface area contributed by atoms with Gasteiger partial charge in [-0.15, -0.1) is 0 Å². The molecule has 1 amide bonds. The predicted molar refractivity (Wildman–Crippen MR) is 148 cm³/mol. The molecule has 1 aliphatic rings. The van der Waals surface area contributed by atoms with Gasteiger partial charge >= 0.3 is 6.61 Å². The van der Waals surface area contributed by atoms with Crippen molar-refractivity contribution in [1.82, 2.24) is 20.2 Å². The fourth-order valence-electron chi connectivity index (χ4n) is 5.36. The maximum absolute atomic E-state index is 13.5. The highest BCUT2D eigenvalue weighted by Gasteiger charge is 2.27. The number of carbonyl (C=O) groups excluding carboxylic acids is 1. The summed E-state index contributed by atoms with van der Waals surface area (Å²) in [5, 5.41) is 2.97. The highest BCUT2D eigenvalue weighted by molar-refractivity contribution is 5.96. The number of aromatic nitrogens is 2. The van der Waals surface area contributed by atoms with Gasteiger partial charge in [-0.05, 0) is 81.5 Å². The van der Waals surface area contributed by atoms with Gasteiger partial charge in [0.1, 0.15) is 5.75 Å². The minimum atomic E-state index is -2.85. The van der Waals surface area contributed by atoms with Crippen molar-refractivity contribution in [2.24, 2.45) is 0 Å². The zero-order valence-electron chi connectivity index (χ0n) is 23.1. The SMILES string of the molecule is Cc1cc(F)nc(C)c1C(=O)NCC[C@@H](C)N1CCC(N(Cc2ccc(OC(F)F)cc2)c2cccnc2)CC1. The van der Waals surface area contributed by atoms with Crippen LogP contribution in [0.5, 0.6) is 5.75 Å². The van der Waals surface area contributed by atoms with Gasteiger partial charge in [0.2, 0.25) is 5.95 Å². The molecule has 1 saturated heterocycles. The van der Waals surface area contributed by atoms with Crippen molar-refractivity contribution in [3.8, 4) is 5.75 Å². The van der Waals surface area contributed by atoms with Gasteiger partial charge in [0, 0.05) is 44.5 Å². The highest BCUT2D eigenvalue weighted by Crippen LogP contribution is 2.27. The number of hydrogen-bond acceptors (Lipinski definition) is 6. The van der Waals surface area contributed by atoms with Gasteiger partial charge in [-0.2, -0.15) is 13.2 Å². The molecular weight excluding hydrogens is 519 g/mol. The van der Waals surface area contributed by atoms with Gasteiger partial charge in [0.15, 0.2) is 0 Å². The van der Waals surface area contributed by atoms with Crippen LogP contribution in [0, 0.1) is 19.8 Å². The molecule has 0 saturated carbocycles. The molecule has 4 rings (SSSR count). The summed E-state index contributed by atoms with van der Waals surface area (Å²) in [6.07, 6.45) is 6.31. The molecule has 10 heteroatoms. The lowest BCUT2D eigenvalue weighted by atomic mass is 9.99. The smallest absolute Gasteiger partial charge is 0.387 e. The number of hydrogen-bond donors (Lipinski definition) is 1. The second-order valence-corrected chi connectivity index (χ2v) is 10.2. The van der Waals surface area contributed by atoms with Crippen LogP contribution in [0.1, 0.15) is 53.4 Å². The summed E-state index contributed by atoms with van der Waals surface area (Å²) in [4.78, 5) is 25.5. The number of piperidine rings is 1. The number of nitrogens with zero attached hydrogens (tertiary/aromatic N) is 4. The topological polar surface area (TPSA) is 70.6 Å². The average Bonchev–Trinajstić information content (AvgIpc) is 2.92. The molecule has 3 heterocycles. The van der Waals surface area contributed by atoms with Crippen molar-refractivity contribution < 1.29 is 22.7 Å². The Bertz CT molecular complexity index is 1230. The first kappa shape index (κ1) is 29.3. The summed E-state index contributed by atoms with van der Waals surface area (Å²) in [5.74, 6) is -0.665. The third kappa shape index (κ3) is 7.71. The molecule has 1 fully saturated rings. The number of amides is 1.